The van der Waals surface area contributed by atoms with Gasteiger partial charge in [-0.15, -0.1) is 11.8 Å². The third-order valence-corrected chi connectivity index (χ3v) is 9.78. The third-order valence-electron chi connectivity index (χ3n) is 8.82. The maximum atomic E-state index is 16.4. The van der Waals surface area contributed by atoms with Crippen molar-refractivity contribution >= 4 is 22.7 Å². The summed E-state index contributed by atoms with van der Waals surface area (Å²) in [5.74, 6) is -2.59. The van der Waals surface area contributed by atoms with Crippen molar-refractivity contribution < 1.29 is 32.1 Å². The number of pyridine rings is 1. The number of hydrogen-bond acceptors (Lipinski definition) is 7. The number of methoxy groups -OCH3 is 1. The number of likely N-dealkylation sites (tertiary alicyclic amines) is 1. The van der Waals surface area contributed by atoms with Gasteiger partial charge in [-0.25, -0.2) is 17.6 Å². The van der Waals surface area contributed by atoms with Crippen LogP contribution in [0.2, 0.25) is 0 Å². The molecule has 3 aromatic rings. The van der Waals surface area contributed by atoms with E-state index in [4.69, 9.17) is 9.47 Å². The van der Waals surface area contributed by atoms with Gasteiger partial charge in [0.1, 0.15) is 11.9 Å². The van der Waals surface area contributed by atoms with Crippen molar-refractivity contribution in [3.63, 3.8) is 0 Å². The van der Waals surface area contributed by atoms with Crippen molar-refractivity contribution in [3.05, 3.63) is 65.1 Å². The second kappa shape index (κ2) is 14.6. The molecule has 5 rings (SSSR count). The number of aromatic nitrogens is 1. The molecule has 3 heterocycles. The molecule has 0 saturated carbocycles. The second-order valence-electron chi connectivity index (χ2n) is 11.5. The number of thioether (sulfide) groups is 1. The molecule has 2 saturated heterocycles. The van der Waals surface area contributed by atoms with Gasteiger partial charge in [0.2, 0.25) is 0 Å². The average Bonchev–Trinajstić information content (AvgIpc) is 3.03. The summed E-state index contributed by atoms with van der Waals surface area (Å²) in [5, 5.41) is 11.2. The third kappa shape index (κ3) is 7.81. The Balaban J connectivity index is 1.22. The molecule has 2 aliphatic heterocycles. The van der Waals surface area contributed by atoms with E-state index in [9.17, 15) is 18.3 Å². The van der Waals surface area contributed by atoms with Crippen molar-refractivity contribution in [2.75, 3.05) is 65.4 Å². The van der Waals surface area contributed by atoms with Gasteiger partial charge in [0, 0.05) is 60.6 Å². The summed E-state index contributed by atoms with van der Waals surface area (Å²) in [4.78, 5) is 9.48. The molecular weight excluding hydrogens is 582 g/mol. The Labute approximate surface area is 254 Å². The van der Waals surface area contributed by atoms with E-state index < -0.39 is 23.6 Å². The van der Waals surface area contributed by atoms with Gasteiger partial charge in [-0.3, -0.25) is 9.88 Å². The molecule has 2 aromatic carbocycles. The van der Waals surface area contributed by atoms with E-state index in [0.717, 1.165) is 67.6 Å². The lowest BCUT2D eigenvalue weighted by Crippen LogP contribution is -2.43. The van der Waals surface area contributed by atoms with Crippen molar-refractivity contribution in [1.29, 1.82) is 0 Å². The first-order valence-electron chi connectivity index (χ1n) is 14.8. The highest BCUT2D eigenvalue weighted by Crippen LogP contribution is 2.41. The van der Waals surface area contributed by atoms with Gasteiger partial charge in [-0.05, 0) is 80.1 Å². The van der Waals surface area contributed by atoms with E-state index in [1.165, 1.54) is 11.8 Å². The topological polar surface area (TPSA) is 58.1 Å². The number of aliphatic hydroxyl groups is 1. The molecule has 0 bridgehead atoms. The summed E-state index contributed by atoms with van der Waals surface area (Å²) >= 11 is 1.27. The first-order valence-corrected chi connectivity index (χ1v) is 15.8. The fourth-order valence-electron chi connectivity index (χ4n) is 6.08. The molecule has 2 fully saturated rings. The molecule has 0 radical (unpaired) electrons. The predicted octanol–water partition coefficient (Wildman–Crippen LogP) is 6.15. The lowest BCUT2D eigenvalue weighted by molar-refractivity contribution is 0.0311. The highest BCUT2D eigenvalue weighted by molar-refractivity contribution is 7.99. The van der Waals surface area contributed by atoms with Crippen LogP contribution in [-0.2, 0) is 11.3 Å². The average molecular weight is 622 g/mol. The largest absolute Gasteiger partial charge is 0.497 e. The fourth-order valence-corrected chi connectivity index (χ4v) is 7.04. The Hall–Kier alpha value is -2.44. The van der Waals surface area contributed by atoms with Crippen LogP contribution in [0.15, 0.2) is 41.4 Å². The first-order chi connectivity index (χ1) is 20.8. The Bertz CT molecular complexity index is 1360. The smallest absolute Gasteiger partial charge is 0.194 e. The van der Waals surface area contributed by atoms with Gasteiger partial charge >= 0.3 is 0 Å². The van der Waals surface area contributed by atoms with Crippen molar-refractivity contribution in [2.24, 2.45) is 5.41 Å². The maximum absolute atomic E-state index is 16.4. The van der Waals surface area contributed by atoms with Gasteiger partial charge in [-0.2, -0.15) is 0 Å². The summed E-state index contributed by atoms with van der Waals surface area (Å²) in [6.07, 6.45) is 2.84. The zero-order valence-corrected chi connectivity index (χ0v) is 25.3. The van der Waals surface area contributed by atoms with Crippen LogP contribution >= 0.6 is 11.8 Å². The number of halogens is 4. The monoisotopic (exact) mass is 621 g/mol. The molecule has 1 aromatic heterocycles. The van der Waals surface area contributed by atoms with E-state index in [2.05, 4.69) is 14.8 Å². The van der Waals surface area contributed by atoms with Crippen LogP contribution in [0.1, 0.15) is 43.0 Å². The minimum Gasteiger partial charge on any atom is -0.497 e. The van der Waals surface area contributed by atoms with Gasteiger partial charge in [-0.1, -0.05) is 0 Å². The predicted molar refractivity (Wildman–Crippen MR) is 160 cm³/mol. The molecule has 43 heavy (non-hydrogen) atoms. The lowest BCUT2D eigenvalue weighted by Gasteiger charge is -2.41. The first kappa shape index (κ1) is 32.0. The van der Waals surface area contributed by atoms with Gasteiger partial charge in [0.25, 0.3) is 0 Å². The number of benzene rings is 2. The van der Waals surface area contributed by atoms with Crippen LogP contribution in [0.5, 0.6) is 5.75 Å². The summed E-state index contributed by atoms with van der Waals surface area (Å²) in [7, 11) is 1.59. The Morgan fingerprint density at radius 3 is 2.44 bits per heavy atom. The molecule has 2 aliphatic rings. The van der Waals surface area contributed by atoms with E-state index in [1.807, 2.05) is 18.2 Å². The Kier molecular flexibility index (Phi) is 10.8. The molecule has 0 amide bonds. The zero-order chi connectivity index (χ0) is 30.4. The normalized spacial score (nSPS) is 18.7. The molecule has 0 spiro atoms. The standard InChI is InChI=1S/C32H39F4N3O3S/c1-41-23-2-3-29-25(16-23)30(22(19-37-29)20-39-10-13-42-14-11-39)26(33)4-5-32(21-40)6-8-38(9-7-32)12-15-43-24-17-27(34)31(36)28(35)18-24/h2-3,16-19,26,40H,4-15,20-21H2,1H3. The minimum atomic E-state index is -1.46. The molecule has 1 unspecified atom stereocenters. The van der Waals surface area contributed by atoms with Gasteiger partial charge in [0.05, 0.1) is 25.8 Å². The number of fused-ring (bicyclic) bond motifs is 1. The number of hydrogen-bond donors (Lipinski definition) is 1. The zero-order valence-electron chi connectivity index (χ0n) is 24.5. The van der Waals surface area contributed by atoms with Crippen molar-refractivity contribution in [2.45, 2.75) is 43.3 Å². The SMILES string of the molecule is COc1ccc2ncc(CN3CCOCC3)c(C(F)CCC3(CO)CCN(CCSc4cc(F)c(F)c(F)c4)CC3)c2c1. The Morgan fingerprint density at radius 1 is 1.05 bits per heavy atom. The molecule has 6 nitrogen and oxygen atoms in total. The van der Waals surface area contributed by atoms with Gasteiger partial charge < -0.3 is 19.5 Å². The van der Waals surface area contributed by atoms with Crippen LogP contribution in [0, 0.1) is 22.9 Å². The van der Waals surface area contributed by atoms with E-state index in [0.29, 0.717) is 54.7 Å². The summed E-state index contributed by atoms with van der Waals surface area (Å²) < 4.78 is 67.6. The molecule has 234 valence electrons. The van der Waals surface area contributed by atoms with Crippen LogP contribution in [0.3, 0.4) is 0 Å². The minimum absolute atomic E-state index is 0.0119. The van der Waals surface area contributed by atoms with Crippen molar-refractivity contribution in [1.82, 2.24) is 14.8 Å². The highest BCUT2D eigenvalue weighted by atomic mass is 32.2. The van der Waals surface area contributed by atoms with Gasteiger partial charge in [0.15, 0.2) is 17.5 Å². The van der Waals surface area contributed by atoms with E-state index in [-0.39, 0.29) is 18.4 Å². The van der Waals surface area contributed by atoms with Crippen LogP contribution in [0.4, 0.5) is 17.6 Å². The molecule has 0 aliphatic carbocycles. The Morgan fingerprint density at radius 2 is 1.77 bits per heavy atom. The number of morpholine rings is 1. The quantitative estimate of drug-likeness (QED) is 0.148. The summed E-state index contributed by atoms with van der Waals surface area (Å²) in [6, 6.07) is 7.57. The summed E-state index contributed by atoms with van der Waals surface area (Å²) in [5.41, 5.74) is 1.86. The highest BCUT2D eigenvalue weighted by Gasteiger charge is 2.35. The fraction of sp³-hybridized carbons (Fsp3) is 0.531. The number of alkyl halides is 1. The lowest BCUT2D eigenvalue weighted by atomic mass is 9.74. The number of piperidine rings is 1. The summed E-state index contributed by atoms with van der Waals surface area (Å²) in [6.45, 7) is 5.62. The van der Waals surface area contributed by atoms with Crippen LogP contribution < -0.4 is 4.74 Å². The molecule has 1 N–H and O–H groups in total. The van der Waals surface area contributed by atoms with E-state index >= 15 is 4.39 Å². The molecular formula is C32H39F4N3O3S. The maximum Gasteiger partial charge on any atom is 0.194 e. The molecule has 11 heteroatoms. The number of ether oxygens (including phenoxy) is 2. The number of aliphatic hydroxyl groups excluding tert-OH is 1. The van der Waals surface area contributed by atoms with Crippen LogP contribution in [-0.4, -0.2) is 85.3 Å². The van der Waals surface area contributed by atoms with Crippen molar-refractivity contribution in [3.8, 4) is 5.75 Å². The van der Waals surface area contributed by atoms with E-state index in [1.54, 1.807) is 13.3 Å². The number of rotatable bonds is 12. The van der Waals surface area contributed by atoms with Crippen LogP contribution in [0.25, 0.3) is 10.9 Å². The number of nitrogens with zero attached hydrogens (tertiary/aromatic N) is 3. The second-order valence-corrected chi connectivity index (χ2v) is 12.7. The molecule has 1 atom stereocenters.